The van der Waals surface area contributed by atoms with E-state index in [-0.39, 0.29) is 18.9 Å². The Balaban J connectivity index is 1.61. The number of halogens is 6. The predicted octanol–water partition coefficient (Wildman–Crippen LogP) is 4.38. The minimum absolute atomic E-state index is 0.144. The molecule has 0 saturated heterocycles. The van der Waals surface area contributed by atoms with Crippen molar-refractivity contribution in [3.63, 3.8) is 0 Å². The summed E-state index contributed by atoms with van der Waals surface area (Å²) in [4.78, 5) is 13.7. The van der Waals surface area contributed by atoms with Gasteiger partial charge in [0.25, 0.3) is 0 Å². The summed E-state index contributed by atoms with van der Waals surface area (Å²) in [6, 6.07) is 4.37. The van der Waals surface area contributed by atoms with Crippen LogP contribution >= 0.6 is 0 Å². The average Bonchev–Trinajstić information content (AvgIpc) is 3.01. The highest BCUT2D eigenvalue weighted by Gasteiger charge is 2.38. The fourth-order valence-electron chi connectivity index (χ4n) is 4.00. The SMILES string of the molecule is CNC1(C)N=C(Nc2ccc(C(F)(F)F)nc2)C2=C(CCN(c3ncccc3C(F)(F)F)CC2)N1. The number of hydrogen-bond acceptors (Lipinski definition) is 7. The molecule has 0 radical (unpaired) electrons. The number of anilines is 2. The van der Waals surface area contributed by atoms with Gasteiger partial charge in [0.05, 0.1) is 17.4 Å². The zero-order valence-corrected chi connectivity index (χ0v) is 18.8. The molecule has 1 atom stereocenters. The van der Waals surface area contributed by atoms with Crippen LogP contribution in [0.3, 0.4) is 0 Å². The van der Waals surface area contributed by atoms with Gasteiger partial charge >= 0.3 is 12.4 Å². The Hall–Kier alpha value is -3.35. The zero-order chi connectivity index (χ0) is 25.4. The topological polar surface area (TPSA) is 77.5 Å². The lowest BCUT2D eigenvalue weighted by Crippen LogP contribution is -2.54. The van der Waals surface area contributed by atoms with Gasteiger partial charge in [-0.1, -0.05) is 0 Å². The molecule has 2 aliphatic rings. The minimum atomic E-state index is -4.56. The third-order valence-electron chi connectivity index (χ3n) is 5.84. The summed E-state index contributed by atoms with van der Waals surface area (Å²) in [7, 11) is 1.69. The molecule has 2 aromatic heterocycles. The van der Waals surface area contributed by atoms with E-state index < -0.39 is 29.4 Å². The first kappa shape index (κ1) is 24.8. The molecule has 188 valence electrons. The van der Waals surface area contributed by atoms with E-state index in [1.807, 2.05) is 0 Å². The van der Waals surface area contributed by atoms with Crippen molar-refractivity contribution in [3.05, 3.63) is 59.2 Å². The van der Waals surface area contributed by atoms with Gasteiger partial charge in [-0.2, -0.15) is 26.3 Å². The van der Waals surface area contributed by atoms with Gasteiger partial charge in [-0.05, 0) is 44.7 Å². The van der Waals surface area contributed by atoms with Gasteiger partial charge in [0, 0.05) is 37.0 Å². The molecule has 0 spiro atoms. The lowest BCUT2D eigenvalue weighted by molar-refractivity contribution is -0.141. The Bertz CT molecular complexity index is 1140. The second-order valence-corrected chi connectivity index (χ2v) is 8.28. The van der Waals surface area contributed by atoms with Crippen molar-refractivity contribution >= 4 is 17.3 Å². The molecule has 13 heteroatoms. The van der Waals surface area contributed by atoms with Crippen molar-refractivity contribution in [2.24, 2.45) is 4.99 Å². The average molecular weight is 499 g/mol. The molecule has 0 amide bonds. The Labute approximate surface area is 197 Å². The van der Waals surface area contributed by atoms with Gasteiger partial charge in [0.15, 0.2) is 5.79 Å². The van der Waals surface area contributed by atoms with E-state index in [1.165, 1.54) is 18.3 Å². The Morgan fingerprint density at radius 2 is 1.74 bits per heavy atom. The summed E-state index contributed by atoms with van der Waals surface area (Å²) >= 11 is 0. The van der Waals surface area contributed by atoms with Crippen molar-refractivity contribution in [2.45, 2.75) is 37.9 Å². The standard InChI is InChI=1S/C22H23F6N7/c1-20(29-2)33-16-8-11-35(19-15(21(23,24)25)4-3-9-30-19)10-7-14(16)18(34-20)32-13-5-6-17(31-12-13)22(26,27)28/h3-6,9,12,29,33H,7-8,10-11H2,1-2H3,(H,32,34). The van der Waals surface area contributed by atoms with Gasteiger partial charge in [-0.3, -0.25) is 5.32 Å². The van der Waals surface area contributed by atoms with Crippen LogP contribution in [0, 0.1) is 0 Å². The van der Waals surface area contributed by atoms with Gasteiger partial charge in [-0.25, -0.2) is 15.0 Å². The van der Waals surface area contributed by atoms with Crippen molar-refractivity contribution < 1.29 is 26.3 Å². The van der Waals surface area contributed by atoms with E-state index in [9.17, 15) is 26.3 Å². The van der Waals surface area contributed by atoms with Gasteiger partial charge < -0.3 is 15.5 Å². The summed E-state index contributed by atoms with van der Waals surface area (Å²) in [5.41, 5.74) is -0.0306. The molecular formula is C22H23F6N7. The summed E-state index contributed by atoms with van der Waals surface area (Å²) in [5, 5.41) is 9.36. The first-order valence-corrected chi connectivity index (χ1v) is 10.8. The highest BCUT2D eigenvalue weighted by atomic mass is 19.4. The van der Waals surface area contributed by atoms with E-state index in [0.29, 0.717) is 24.4 Å². The van der Waals surface area contributed by atoms with Crippen LogP contribution in [0.15, 0.2) is 52.9 Å². The van der Waals surface area contributed by atoms with Crippen molar-refractivity contribution in [1.82, 2.24) is 20.6 Å². The van der Waals surface area contributed by atoms with Crippen LogP contribution in [-0.4, -0.2) is 41.7 Å². The largest absolute Gasteiger partial charge is 0.433 e. The fraction of sp³-hybridized carbons (Fsp3) is 0.409. The van der Waals surface area contributed by atoms with E-state index in [2.05, 4.69) is 30.9 Å². The Morgan fingerprint density at radius 1 is 1.00 bits per heavy atom. The lowest BCUT2D eigenvalue weighted by Gasteiger charge is -2.35. The summed E-state index contributed by atoms with van der Waals surface area (Å²) in [5.74, 6) is -0.677. The van der Waals surface area contributed by atoms with Crippen LogP contribution < -0.4 is 20.9 Å². The highest BCUT2D eigenvalue weighted by molar-refractivity contribution is 6.09. The first-order valence-electron chi connectivity index (χ1n) is 10.8. The number of nitrogens with zero attached hydrogens (tertiary/aromatic N) is 4. The second kappa shape index (κ2) is 9.02. The fourth-order valence-corrected chi connectivity index (χ4v) is 4.00. The molecule has 0 aromatic carbocycles. The number of nitrogens with one attached hydrogen (secondary N) is 3. The molecule has 7 nitrogen and oxygen atoms in total. The van der Waals surface area contributed by atoms with Gasteiger partial charge in [-0.15, -0.1) is 0 Å². The van der Waals surface area contributed by atoms with Crippen LogP contribution in [0.4, 0.5) is 37.8 Å². The molecule has 35 heavy (non-hydrogen) atoms. The molecule has 4 rings (SSSR count). The maximum atomic E-state index is 13.6. The zero-order valence-electron chi connectivity index (χ0n) is 18.8. The van der Waals surface area contributed by atoms with E-state index >= 15 is 0 Å². The summed E-state index contributed by atoms with van der Waals surface area (Å²) in [6.45, 7) is 2.29. The molecule has 0 aliphatic carbocycles. The van der Waals surface area contributed by atoms with Gasteiger partial charge in [0.1, 0.15) is 17.3 Å². The normalized spacial score (nSPS) is 21.1. The van der Waals surface area contributed by atoms with E-state index in [4.69, 9.17) is 0 Å². The van der Waals surface area contributed by atoms with Crippen molar-refractivity contribution in [2.75, 3.05) is 30.4 Å². The Kier molecular flexibility index (Phi) is 6.38. The van der Waals surface area contributed by atoms with E-state index in [0.717, 1.165) is 29.6 Å². The third kappa shape index (κ3) is 5.34. The molecule has 1 unspecified atom stereocenters. The van der Waals surface area contributed by atoms with Crippen LogP contribution in [0.2, 0.25) is 0 Å². The highest BCUT2D eigenvalue weighted by Crippen LogP contribution is 2.37. The monoisotopic (exact) mass is 499 g/mol. The number of amidine groups is 1. The molecule has 2 aliphatic heterocycles. The van der Waals surface area contributed by atoms with Crippen molar-refractivity contribution in [1.29, 1.82) is 0 Å². The Morgan fingerprint density at radius 3 is 2.37 bits per heavy atom. The number of aromatic nitrogens is 2. The summed E-state index contributed by atoms with van der Waals surface area (Å²) in [6.07, 6.45) is -6.00. The molecule has 2 aromatic rings. The maximum absolute atomic E-state index is 13.6. The van der Waals surface area contributed by atoms with Crippen LogP contribution in [-0.2, 0) is 12.4 Å². The first-order chi connectivity index (χ1) is 16.4. The minimum Gasteiger partial charge on any atom is -0.355 e. The van der Waals surface area contributed by atoms with E-state index in [1.54, 1.807) is 18.9 Å². The molecule has 4 heterocycles. The number of aliphatic imine (C=N–C) groups is 1. The van der Waals surface area contributed by atoms with Gasteiger partial charge in [0.2, 0.25) is 0 Å². The van der Waals surface area contributed by atoms with Crippen LogP contribution in [0.5, 0.6) is 0 Å². The molecule has 0 bridgehead atoms. The molecule has 0 fully saturated rings. The number of alkyl halides is 6. The van der Waals surface area contributed by atoms with Crippen LogP contribution in [0.1, 0.15) is 31.0 Å². The lowest BCUT2D eigenvalue weighted by atomic mass is 10.0. The molecule has 3 N–H and O–H groups in total. The maximum Gasteiger partial charge on any atom is 0.433 e. The predicted molar refractivity (Wildman–Crippen MR) is 119 cm³/mol. The molecule has 0 saturated carbocycles. The number of rotatable bonds is 3. The van der Waals surface area contributed by atoms with Crippen molar-refractivity contribution in [3.8, 4) is 0 Å². The number of pyridine rings is 2. The number of hydrogen-bond donors (Lipinski definition) is 3. The smallest absolute Gasteiger partial charge is 0.355 e. The molecular weight excluding hydrogens is 476 g/mol. The third-order valence-corrected chi connectivity index (χ3v) is 5.84. The van der Waals surface area contributed by atoms with Crippen LogP contribution in [0.25, 0.3) is 0 Å². The quantitative estimate of drug-likeness (QED) is 0.545. The summed E-state index contributed by atoms with van der Waals surface area (Å²) < 4.78 is 79.2. The second-order valence-electron chi connectivity index (χ2n) is 8.28.